The van der Waals surface area contributed by atoms with Crippen molar-refractivity contribution < 1.29 is 4.79 Å². The van der Waals surface area contributed by atoms with Gasteiger partial charge in [-0.25, -0.2) is 0 Å². The van der Waals surface area contributed by atoms with Gasteiger partial charge in [0.05, 0.1) is 0 Å². The van der Waals surface area contributed by atoms with Crippen LogP contribution in [0.3, 0.4) is 0 Å². The normalized spacial score (nSPS) is 8.40. The first-order valence-electron chi connectivity index (χ1n) is 2.50. The van der Waals surface area contributed by atoms with Crippen molar-refractivity contribution in [1.29, 1.82) is 5.53 Å². The van der Waals surface area contributed by atoms with Gasteiger partial charge >= 0.3 is 5.91 Å². The Hall–Kier alpha value is -1.32. The van der Waals surface area contributed by atoms with Crippen LogP contribution in [-0.4, -0.2) is 5.91 Å². The quantitative estimate of drug-likeness (QED) is 0.482. The minimum Gasteiger partial charge on any atom is -0.258 e. The van der Waals surface area contributed by atoms with Crippen LogP contribution in [0.1, 0.15) is 9.67 Å². The third kappa shape index (κ3) is 1.34. The van der Waals surface area contributed by atoms with Crippen LogP contribution in [0.25, 0.3) is 0 Å². The Balaban J connectivity index is 2.87. The summed E-state index contributed by atoms with van der Waals surface area (Å²) >= 11 is 1.28. The molecule has 1 amide bonds. The van der Waals surface area contributed by atoms with E-state index in [1.54, 1.807) is 17.5 Å². The molecule has 0 aliphatic carbocycles. The summed E-state index contributed by atoms with van der Waals surface area (Å²) in [5.41, 5.74) is 6.28. The molecule has 0 bridgehead atoms. The molecule has 4 nitrogen and oxygen atoms in total. The van der Waals surface area contributed by atoms with E-state index < -0.39 is 5.91 Å². The average Bonchev–Trinajstić information content (AvgIpc) is 2.38. The van der Waals surface area contributed by atoms with Gasteiger partial charge in [0.15, 0.2) is 0 Å². The van der Waals surface area contributed by atoms with E-state index in [1.165, 1.54) is 11.3 Å². The van der Waals surface area contributed by atoms with Gasteiger partial charge in [0.1, 0.15) is 10.4 Å². The predicted molar refractivity (Wildman–Crippen MR) is 35.9 cm³/mol. The second kappa shape index (κ2) is 3.00. The monoisotopic (exact) mass is 154 g/mol. The van der Waals surface area contributed by atoms with E-state index in [-0.39, 0.29) is 0 Å². The molecule has 0 atom stereocenters. The smallest absolute Gasteiger partial charge is 0.258 e. The van der Waals surface area contributed by atoms with E-state index in [2.05, 4.69) is 10.0 Å². The summed E-state index contributed by atoms with van der Waals surface area (Å²) < 4.78 is 0. The highest BCUT2D eigenvalue weighted by atomic mass is 32.1. The van der Waals surface area contributed by atoms with E-state index in [0.717, 1.165) is 0 Å². The number of amides is 1. The van der Waals surface area contributed by atoms with Crippen LogP contribution in [0.2, 0.25) is 0 Å². The lowest BCUT2D eigenvalue weighted by molar-refractivity contribution is 0.0996. The molecular formula is C5H4N3OS+. The minimum atomic E-state index is -0.454. The summed E-state index contributed by atoms with van der Waals surface area (Å²) in [6.07, 6.45) is 0. The van der Waals surface area contributed by atoms with E-state index >= 15 is 0 Å². The third-order valence-corrected chi connectivity index (χ3v) is 1.73. The Morgan fingerprint density at radius 2 is 2.60 bits per heavy atom. The van der Waals surface area contributed by atoms with Crippen LogP contribution in [0, 0.1) is 5.53 Å². The fourth-order valence-electron chi connectivity index (χ4n) is 0.495. The van der Waals surface area contributed by atoms with Gasteiger partial charge in [-0.3, -0.25) is 4.79 Å². The van der Waals surface area contributed by atoms with E-state index in [0.29, 0.717) is 4.88 Å². The van der Waals surface area contributed by atoms with Crippen LogP contribution in [-0.2, 0) is 0 Å². The molecule has 0 aromatic carbocycles. The van der Waals surface area contributed by atoms with E-state index in [4.69, 9.17) is 5.53 Å². The Labute approximate surface area is 60.7 Å². The number of nitrogens with one attached hydrogen (secondary N) is 1. The van der Waals surface area contributed by atoms with Crippen molar-refractivity contribution >= 4 is 17.2 Å². The van der Waals surface area contributed by atoms with Gasteiger partial charge in [0, 0.05) is 0 Å². The second-order valence-corrected chi connectivity index (χ2v) is 2.43. The maximum atomic E-state index is 10.7. The van der Waals surface area contributed by atoms with Gasteiger partial charge < -0.3 is 0 Å². The zero-order valence-corrected chi connectivity index (χ0v) is 5.76. The summed E-state index contributed by atoms with van der Waals surface area (Å²) in [6, 6.07) is 3.39. The fraction of sp³-hybridized carbons (Fsp3) is 0. The molecule has 0 aliphatic heterocycles. The molecule has 0 spiro atoms. The predicted octanol–water partition coefficient (Wildman–Crippen LogP) is 1.44. The Morgan fingerprint density at radius 1 is 1.80 bits per heavy atom. The first-order chi connectivity index (χ1) is 4.84. The molecular weight excluding hydrogens is 150 g/mol. The molecule has 0 saturated carbocycles. The van der Waals surface area contributed by atoms with Gasteiger partial charge in [0.2, 0.25) is 10.0 Å². The first-order valence-corrected chi connectivity index (χ1v) is 3.38. The first kappa shape index (κ1) is 6.80. The highest BCUT2D eigenvalue weighted by Gasteiger charge is 2.08. The lowest BCUT2D eigenvalue weighted by atomic mass is 10.5. The molecule has 1 heterocycles. The van der Waals surface area contributed by atoms with Gasteiger partial charge in [-0.15, -0.1) is 11.3 Å². The Morgan fingerprint density at radius 3 is 3.10 bits per heavy atom. The van der Waals surface area contributed by atoms with Crippen molar-refractivity contribution in [3.63, 3.8) is 0 Å². The molecule has 1 aromatic rings. The number of nitrogens with zero attached hydrogens (tertiary/aromatic N) is 2. The molecule has 1 aromatic heterocycles. The van der Waals surface area contributed by atoms with Crippen molar-refractivity contribution in [3.05, 3.63) is 22.4 Å². The highest BCUT2D eigenvalue weighted by molar-refractivity contribution is 7.12. The number of carbonyl (C=O) groups excluding carboxylic acids is 1. The van der Waals surface area contributed by atoms with E-state index in [9.17, 15) is 4.79 Å². The van der Waals surface area contributed by atoms with Crippen molar-refractivity contribution in [2.45, 2.75) is 0 Å². The number of carbonyl (C=O) groups is 1. The SMILES string of the molecule is N=[N+]=NC(=O)c1cccs1. The van der Waals surface area contributed by atoms with Crippen molar-refractivity contribution in [2.24, 2.45) is 5.11 Å². The number of thiophene rings is 1. The summed E-state index contributed by atoms with van der Waals surface area (Å²) in [7, 11) is 0. The maximum absolute atomic E-state index is 10.7. The molecule has 1 rings (SSSR count). The standard InChI is InChI=1S/C5H4N3OS/c6-8-7-5(9)4-2-1-3-10-4/h1-3,6H/q+1. The zero-order valence-electron chi connectivity index (χ0n) is 4.94. The molecule has 1 N–H and O–H groups in total. The maximum Gasteiger partial charge on any atom is 0.370 e. The van der Waals surface area contributed by atoms with Crippen molar-refractivity contribution in [3.8, 4) is 0 Å². The molecule has 0 fully saturated rings. The van der Waals surface area contributed by atoms with Crippen molar-refractivity contribution in [2.75, 3.05) is 0 Å². The largest absolute Gasteiger partial charge is 0.370 e. The van der Waals surface area contributed by atoms with Crippen LogP contribution in [0.15, 0.2) is 22.6 Å². The molecule has 10 heavy (non-hydrogen) atoms. The highest BCUT2D eigenvalue weighted by Crippen LogP contribution is 2.08. The van der Waals surface area contributed by atoms with Crippen LogP contribution in [0.4, 0.5) is 0 Å². The Kier molecular flexibility index (Phi) is 2.04. The van der Waals surface area contributed by atoms with Crippen LogP contribution >= 0.6 is 11.3 Å². The minimum absolute atomic E-state index is 0.454. The molecule has 50 valence electrons. The lowest BCUT2D eigenvalue weighted by Gasteiger charge is -1.73. The molecule has 0 saturated heterocycles. The van der Waals surface area contributed by atoms with Gasteiger partial charge in [0.25, 0.3) is 0 Å². The third-order valence-electron chi connectivity index (χ3n) is 0.873. The summed E-state index contributed by atoms with van der Waals surface area (Å²) in [6.45, 7) is 0. The van der Waals surface area contributed by atoms with Gasteiger partial charge in [-0.2, -0.15) is 0 Å². The van der Waals surface area contributed by atoms with E-state index in [1.807, 2.05) is 0 Å². The van der Waals surface area contributed by atoms with Crippen molar-refractivity contribution in [1.82, 2.24) is 4.91 Å². The summed E-state index contributed by atoms with van der Waals surface area (Å²) in [5, 5.41) is 4.80. The molecule has 5 heteroatoms. The molecule has 0 unspecified atom stereocenters. The fourth-order valence-corrected chi connectivity index (χ4v) is 1.10. The topological polar surface area (TPSA) is 67.4 Å². The second-order valence-electron chi connectivity index (χ2n) is 1.48. The zero-order chi connectivity index (χ0) is 7.40. The average molecular weight is 154 g/mol. The molecule has 0 radical (unpaired) electrons. The number of hydrogen-bond donors (Lipinski definition) is 1. The Bertz CT molecular complexity index is 273. The van der Waals surface area contributed by atoms with Gasteiger partial charge in [-0.05, 0) is 11.4 Å². The van der Waals surface area contributed by atoms with Crippen LogP contribution < -0.4 is 4.91 Å². The van der Waals surface area contributed by atoms with Crippen LogP contribution in [0.5, 0.6) is 0 Å². The summed E-state index contributed by atoms with van der Waals surface area (Å²) in [5.74, 6) is -0.454. The lowest BCUT2D eigenvalue weighted by Crippen LogP contribution is -1.88. The number of rotatable bonds is 1. The molecule has 0 aliphatic rings. The summed E-state index contributed by atoms with van der Waals surface area (Å²) in [4.78, 5) is 13.9. The van der Waals surface area contributed by atoms with Gasteiger partial charge in [-0.1, -0.05) is 6.07 Å². The number of hydrogen-bond acceptors (Lipinski definition) is 3.